The zero-order valence-corrected chi connectivity index (χ0v) is 17.7. The van der Waals surface area contributed by atoms with E-state index < -0.39 is 11.7 Å². The number of nitrogens with one attached hydrogen (secondary N) is 3. The van der Waals surface area contributed by atoms with Gasteiger partial charge in [-0.25, -0.2) is 9.37 Å². The normalized spacial score (nSPS) is 17.6. The SMILES string of the molecule is CC(C)C(NC(=O)C1CC(=O)N(c2n[nH]c3cccc(F)c23)C1)c1nc2ccccc2[nH]1. The van der Waals surface area contributed by atoms with Crippen molar-refractivity contribution >= 4 is 39.6 Å². The number of hydrogen-bond donors (Lipinski definition) is 3. The number of carbonyl (C=O) groups excluding carboxylic acids is 2. The molecule has 1 aliphatic heterocycles. The lowest BCUT2D eigenvalue weighted by Crippen LogP contribution is -2.38. The van der Waals surface area contributed by atoms with Crippen molar-refractivity contribution in [3.05, 3.63) is 54.1 Å². The molecule has 1 fully saturated rings. The summed E-state index contributed by atoms with van der Waals surface area (Å²) in [4.78, 5) is 35.1. The van der Waals surface area contributed by atoms with E-state index >= 15 is 0 Å². The topological polar surface area (TPSA) is 107 Å². The van der Waals surface area contributed by atoms with Crippen LogP contribution in [0.4, 0.5) is 10.2 Å². The number of amides is 2. The van der Waals surface area contributed by atoms with Crippen molar-refractivity contribution in [2.24, 2.45) is 11.8 Å². The summed E-state index contributed by atoms with van der Waals surface area (Å²) in [7, 11) is 0. The van der Waals surface area contributed by atoms with Crippen molar-refractivity contribution in [2.75, 3.05) is 11.4 Å². The first-order valence-corrected chi connectivity index (χ1v) is 10.6. The lowest BCUT2D eigenvalue weighted by atomic mass is 10.0. The number of aromatic amines is 2. The molecule has 2 unspecified atom stereocenters. The fraction of sp³-hybridized carbons (Fsp3) is 0.304. The molecule has 2 aromatic heterocycles. The van der Waals surface area contributed by atoms with Gasteiger partial charge in [-0.05, 0) is 30.2 Å². The van der Waals surface area contributed by atoms with Gasteiger partial charge in [0.2, 0.25) is 11.8 Å². The van der Waals surface area contributed by atoms with Crippen LogP contribution in [-0.2, 0) is 9.59 Å². The third-order valence-corrected chi connectivity index (χ3v) is 5.94. The summed E-state index contributed by atoms with van der Waals surface area (Å²) in [6, 6.07) is 12.0. The van der Waals surface area contributed by atoms with E-state index in [1.807, 2.05) is 38.1 Å². The molecule has 0 aliphatic carbocycles. The Morgan fingerprint density at radius 3 is 2.75 bits per heavy atom. The highest BCUT2D eigenvalue weighted by Gasteiger charge is 2.38. The van der Waals surface area contributed by atoms with E-state index in [9.17, 15) is 14.0 Å². The fourth-order valence-electron chi connectivity index (χ4n) is 4.24. The molecular weight excluding hydrogens is 411 g/mol. The van der Waals surface area contributed by atoms with Gasteiger partial charge in [0.1, 0.15) is 11.6 Å². The monoisotopic (exact) mass is 434 g/mol. The van der Waals surface area contributed by atoms with Gasteiger partial charge in [-0.2, -0.15) is 5.10 Å². The zero-order chi connectivity index (χ0) is 22.4. The molecule has 0 saturated carbocycles. The number of nitrogens with zero attached hydrogens (tertiary/aromatic N) is 3. The Bertz CT molecular complexity index is 1290. The molecule has 8 nitrogen and oxygen atoms in total. The second-order valence-corrected chi connectivity index (χ2v) is 8.48. The molecule has 0 radical (unpaired) electrons. The summed E-state index contributed by atoms with van der Waals surface area (Å²) in [5, 5.41) is 10.2. The van der Waals surface area contributed by atoms with Gasteiger partial charge in [0.15, 0.2) is 5.82 Å². The van der Waals surface area contributed by atoms with Gasteiger partial charge < -0.3 is 10.3 Å². The van der Waals surface area contributed by atoms with Crippen molar-refractivity contribution in [1.82, 2.24) is 25.5 Å². The Morgan fingerprint density at radius 2 is 1.97 bits per heavy atom. The van der Waals surface area contributed by atoms with Gasteiger partial charge in [0.25, 0.3) is 0 Å². The quantitative estimate of drug-likeness (QED) is 0.447. The van der Waals surface area contributed by atoms with E-state index in [4.69, 9.17) is 0 Å². The number of halogens is 1. The first kappa shape index (κ1) is 20.2. The molecule has 0 bridgehead atoms. The summed E-state index contributed by atoms with van der Waals surface area (Å²) in [5.41, 5.74) is 2.24. The number of para-hydroxylation sites is 2. The van der Waals surface area contributed by atoms with Crippen LogP contribution in [0, 0.1) is 17.7 Å². The molecule has 1 aliphatic rings. The van der Waals surface area contributed by atoms with Gasteiger partial charge in [0.05, 0.1) is 33.9 Å². The van der Waals surface area contributed by atoms with Gasteiger partial charge in [-0.15, -0.1) is 0 Å². The van der Waals surface area contributed by atoms with Gasteiger partial charge in [-0.3, -0.25) is 19.6 Å². The molecule has 2 aromatic carbocycles. The van der Waals surface area contributed by atoms with E-state index in [0.29, 0.717) is 11.3 Å². The Morgan fingerprint density at radius 1 is 1.19 bits per heavy atom. The third-order valence-electron chi connectivity index (χ3n) is 5.94. The maximum atomic E-state index is 14.4. The predicted molar refractivity (Wildman–Crippen MR) is 118 cm³/mol. The summed E-state index contributed by atoms with van der Waals surface area (Å²) < 4.78 is 14.4. The summed E-state index contributed by atoms with van der Waals surface area (Å²) in [6.45, 7) is 4.15. The maximum Gasteiger partial charge on any atom is 0.229 e. The van der Waals surface area contributed by atoms with Gasteiger partial charge >= 0.3 is 0 Å². The summed E-state index contributed by atoms with van der Waals surface area (Å²) in [5.74, 6) is -0.542. The molecule has 2 atom stereocenters. The molecule has 0 spiro atoms. The molecule has 5 rings (SSSR count). The highest BCUT2D eigenvalue weighted by molar-refractivity contribution is 6.05. The van der Waals surface area contributed by atoms with Crippen molar-refractivity contribution in [3.63, 3.8) is 0 Å². The smallest absolute Gasteiger partial charge is 0.229 e. The Kier molecular flexibility index (Phi) is 4.88. The van der Waals surface area contributed by atoms with E-state index in [-0.39, 0.29) is 47.9 Å². The number of benzene rings is 2. The molecule has 4 aromatic rings. The minimum atomic E-state index is -0.563. The molecule has 3 heterocycles. The van der Waals surface area contributed by atoms with Crippen LogP contribution in [0.2, 0.25) is 0 Å². The van der Waals surface area contributed by atoms with E-state index in [1.165, 1.54) is 11.0 Å². The van der Waals surface area contributed by atoms with E-state index in [1.54, 1.807) is 12.1 Å². The first-order valence-electron chi connectivity index (χ1n) is 10.6. The van der Waals surface area contributed by atoms with E-state index in [0.717, 1.165) is 11.0 Å². The predicted octanol–water partition coefficient (Wildman–Crippen LogP) is 3.44. The van der Waals surface area contributed by atoms with Crippen LogP contribution in [-0.4, -0.2) is 38.5 Å². The van der Waals surface area contributed by atoms with Gasteiger partial charge in [0, 0.05) is 13.0 Å². The molecule has 3 N–H and O–H groups in total. The Balaban J connectivity index is 1.36. The standard InChI is InChI=1S/C23H23FN6O2/c1-12(2)20(21-25-15-7-3-4-8-16(15)26-21)27-23(32)13-10-18(31)30(11-13)22-19-14(24)6-5-9-17(19)28-29-22/h3-9,12-13,20H,10-11H2,1-2H3,(H,25,26)(H,27,32)(H,28,29). The number of hydrogen-bond acceptors (Lipinski definition) is 4. The number of fused-ring (bicyclic) bond motifs is 2. The van der Waals surface area contributed by atoms with Crippen molar-refractivity contribution in [1.29, 1.82) is 0 Å². The van der Waals surface area contributed by atoms with Crippen LogP contribution in [0.1, 0.15) is 32.1 Å². The number of rotatable bonds is 5. The van der Waals surface area contributed by atoms with Crippen molar-refractivity contribution in [2.45, 2.75) is 26.3 Å². The fourth-order valence-corrected chi connectivity index (χ4v) is 4.24. The highest BCUT2D eigenvalue weighted by Crippen LogP contribution is 2.32. The molecular formula is C23H23FN6O2. The van der Waals surface area contributed by atoms with Crippen LogP contribution in [0.25, 0.3) is 21.9 Å². The summed E-state index contributed by atoms with van der Waals surface area (Å²) in [6.07, 6.45) is 0.0413. The van der Waals surface area contributed by atoms with Gasteiger partial charge in [-0.1, -0.05) is 32.0 Å². The number of aromatic nitrogens is 4. The number of anilines is 1. The summed E-state index contributed by atoms with van der Waals surface area (Å²) >= 11 is 0. The van der Waals surface area contributed by atoms with E-state index in [2.05, 4.69) is 25.5 Å². The molecule has 32 heavy (non-hydrogen) atoms. The zero-order valence-electron chi connectivity index (χ0n) is 17.7. The first-order chi connectivity index (χ1) is 15.4. The van der Waals surface area contributed by atoms with Crippen LogP contribution in [0.5, 0.6) is 0 Å². The molecule has 164 valence electrons. The average Bonchev–Trinajstić information content (AvgIpc) is 3.47. The number of H-pyrrole nitrogens is 2. The minimum absolute atomic E-state index is 0.0413. The number of imidazole rings is 1. The van der Waals surface area contributed by atoms with Crippen LogP contribution >= 0.6 is 0 Å². The second kappa shape index (κ2) is 7.74. The Hall–Kier alpha value is -3.75. The largest absolute Gasteiger partial charge is 0.346 e. The molecule has 9 heteroatoms. The highest BCUT2D eigenvalue weighted by atomic mass is 19.1. The van der Waals surface area contributed by atoms with Crippen molar-refractivity contribution < 1.29 is 14.0 Å². The maximum absolute atomic E-state index is 14.4. The molecule has 1 saturated heterocycles. The van der Waals surface area contributed by atoms with Crippen LogP contribution < -0.4 is 10.2 Å². The third kappa shape index (κ3) is 3.39. The minimum Gasteiger partial charge on any atom is -0.346 e. The van der Waals surface area contributed by atoms with Crippen molar-refractivity contribution in [3.8, 4) is 0 Å². The number of carbonyl (C=O) groups is 2. The second-order valence-electron chi connectivity index (χ2n) is 8.48. The average molecular weight is 434 g/mol. The molecule has 2 amide bonds. The lowest BCUT2D eigenvalue weighted by molar-refractivity contribution is -0.127. The lowest BCUT2D eigenvalue weighted by Gasteiger charge is -2.22. The van der Waals surface area contributed by atoms with Crippen LogP contribution in [0.3, 0.4) is 0 Å². The van der Waals surface area contributed by atoms with Crippen LogP contribution in [0.15, 0.2) is 42.5 Å². The Labute approximate surface area is 183 Å².